The first-order valence-corrected chi connectivity index (χ1v) is 7.64. The molecule has 21 heavy (non-hydrogen) atoms. The zero-order valence-corrected chi connectivity index (χ0v) is 13.5. The smallest absolute Gasteiger partial charge is 0.227 e. The van der Waals surface area contributed by atoms with Crippen LogP contribution >= 0.6 is 0 Å². The van der Waals surface area contributed by atoms with Crippen LogP contribution in [-0.4, -0.2) is 47.5 Å². The largest absolute Gasteiger partial charge is 0.357 e. The van der Waals surface area contributed by atoms with Gasteiger partial charge < -0.3 is 9.80 Å². The van der Waals surface area contributed by atoms with Gasteiger partial charge in [-0.1, -0.05) is 20.8 Å². The third kappa shape index (κ3) is 4.16. The van der Waals surface area contributed by atoms with Crippen LogP contribution in [0.5, 0.6) is 0 Å². The van der Waals surface area contributed by atoms with E-state index in [1.54, 1.807) is 12.5 Å². The molecule has 1 fully saturated rings. The first-order chi connectivity index (χ1) is 9.88. The molecule has 0 aliphatic carbocycles. The van der Waals surface area contributed by atoms with Crippen molar-refractivity contribution in [2.75, 3.05) is 31.6 Å². The van der Waals surface area contributed by atoms with E-state index in [4.69, 9.17) is 0 Å². The van der Waals surface area contributed by atoms with E-state index in [2.05, 4.69) is 14.9 Å². The molecule has 0 spiro atoms. The second-order valence-corrected chi connectivity index (χ2v) is 6.93. The van der Waals surface area contributed by atoms with Gasteiger partial charge in [0, 0.05) is 38.3 Å². The summed E-state index contributed by atoms with van der Waals surface area (Å²) in [4.78, 5) is 24.7. The molecule has 0 unspecified atom stereocenters. The summed E-state index contributed by atoms with van der Waals surface area (Å²) < 4.78 is 0. The fourth-order valence-corrected chi connectivity index (χ4v) is 2.86. The second-order valence-electron chi connectivity index (χ2n) is 6.93. The molecule has 2 rings (SSSR count). The number of rotatable bonds is 3. The summed E-state index contributed by atoms with van der Waals surface area (Å²) in [6.07, 6.45) is 5.58. The zero-order valence-electron chi connectivity index (χ0n) is 13.5. The highest BCUT2D eigenvalue weighted by Gasteiger charge is 2.28. The van der Waals surface area contributed by atoms with Crippen LogP contribution in [0.3, 0.4) is 0 Å². The SMILES string of the molecule is CN(CC1CCN(c2ccncn2)CC1)C(=O)C(C)(C)C. The molecule has 0 saturated carbocycles. The highest BCUT2D eigenvalue weighted by atomic mass is 16.2. The van der Waals surface area contributed by atoms with Crippen LogP contribution in [0.25, 0.3) is 0 Å². The highest BCUT2D eigenvalue weighted by Crippen LogP contribution is 2.23. The lowest BCUT2D eigenvalue weighted by Gasteiger charge is -2.35. The van der Waals surface area contributed by atoms with Crippen molar-refractivity contribution in [3.63, 3.8) is 0 Å². The summed E-state index contributed by atoms with van der Waals surface area (Å²) in [5.74, 6) is 1.81. The first kappa shape index (κ1) is 15.7. The molecule has 0 bridgehead atoms. The molecule has 1 aliphatic heterocycles. The average Bonchev–Trinajstić information content (AvgIpc) is 2.47. The maximum absolute atomic E-state index is 12.2. The van der Waals surface area contributed by atoms with Crippen LogP contribution < -0.4 is 4.90 Å². The van der Waals surface area contributed by atoms with Crippen LogP contribution in [-0.2, 0) is 4.79 Å². The summed E-state index contributed by atoms with van der Waals surface area (Å²) in [6, 6.07) is 1.95. The van der Waals surface area contributed by atoms with Crippen LogP contribution in [0.15, 0.2) is 18.6 Å². The zero-order chi connectivity index (χ0) is 15.5. The number of carbonyl (C=O) groups is 1. The van der Waals surface area contributed by atoms with Gasteiger partial charge in [-0.25, -0.2) is 9.97 Å². The number of piperidine rings is 1. The van der Waals surface area contributed by atoms with E-state index in [1.165, 1.54) is 0 Å². The van der Waals surface area contributed by atoms with E-state index < -0.39 is 0 Å². The van der Waals surface area contributed by atoms with Crippen molar-refractivity contribution < 1.29 is 4.79 Å². The number of aromatic nitrogens is 2. The molecule has 1 aliphatic rings. The molecular weight excluding hydrogens is 264 g/mol. The number of nitrogens with zero attached hydrogens (tertiary/aromatic N) is 4. The summed E-state index contributed by atoms with van der Waals surface area (Å²) in [6.45, 7) is 8.78. The second kappa shape index (κ2) is 6.41. The van der Waals surface area contributed by atoms with E-state index in [0.29, 0.717) is 5.92 Å². The van der Waals surface area contributed by atoms with Crippen molar-refractivity contribution in [2.24, 2.45) is 11.3 Å². The predicted octanol–water partition coefficient (Wildman–Crippen LogP) is 2.20. The van der Waals surface area contributed by atoms with Gasteiger partial charge in [0.25, 0.3) is 0 Å². The lowest BCUT2D eigenvalue weighted by Crippen LogP contribution is -2.42. The Balaban J connectivity index is 1.83. The average molecular weight is 290 g/mol. The van der Waals surface area contributed by atoms with Gasteiger partial charge in [0.1, 0.15) is 12.1 Å². The van der Waals surface area contributed by atoms with Gasteiger partial charge in [0.05, 0.1) is 0 Å². The first-order valence-electron chi connectivity index (χ1n) is 7.64. The molecule has 1 aromatic rings. The molecular formula is C16H26N4O. The summed E-state index contributed by atoms with van der Waals surface area (Å²) >= 11 is 0. The normalized spacial score (nSPS) is 16.9. The van der Waals surface area contributed by atoms with Gasteiger partial charge in [-0.2, -0.15) is 0 Å². The third-order valence-electron chi connectivity index (χ3n) is 4.03. The number of hydrogen-bond acceptors (Lipinski definition) is 4. The number of amides is 1. The number of anilines is 1. The maximum atomic E-state index is 12.2. The van der Waals surface area contributed by atoms with E-state index >= 15 is 0 Å². The Kier molecular flexibility index (Phi) is 4.80. The van der Waals surface area contributed by atoms with Crippen LogP contribution in [0.1, 0.15) is 33.6 Å². The van der Waals surface area contributed by atoms with Gasteiger partial charge in [-0.3, -0.25) is 4.79 Å². The number of hydrogen-bond donors (Lipinski definition) is 0. The Morgan fingerprint density at radius 2 is 2.05 bits per heavy atom. The van der Waals surface area contributed by atoms with Gasteiger partial charge in [0.2, 0.25) is 5.91 Å². The Bertz CT molecular complexity index is 461. The summed E-state index contributed by atoms with van der Waals surface area (Å²) in [5, 5.41) is 0. The molecule has 1 amide bonds. The van der Waals surface area contributed by atoms with Crippen molar-refractivity contribution in [1.29, 1.82) is 0 Å². The van der Waals surface area contributed by atoms with Gasteiger partial charge in [0.15, 0.2) is 0 Å². The van der Waals surface area contributed by atoms with Crippen molar-refractivity contribution in [1.82, 2.24) is 14.9 Å². The molecule has 5 nitrogen and oxygen atoms in total. The lowest BCUT2D eigenvalue weighted by molar-refractivity contribution is -0.138. The minimum Gasteiger partial charge on any atom is -0.357 e. The molecule has 0 atom stereocenters. The van der Waals surface area contributed by atoms with E-state index in [0.717, 1.165) is 38.3 Å². The quantitative estimate of drug-likeness (QED) is 0.856. The topological polar surface area (TPSA) is 49.3 Å². The van der Waals surface area contributed by atoms with Gasteiger partial charge in [-0.05, 0) is 24.8 Å². The molecule has 0 aromatic carbocycles. The van der Waals surface area contributed by atoms with Crippen molar-refractivity contribution >= 4 is 11.7 Å². The van der Waals surface area contributed by atoms with Gasteiger partial charge >= 0.3 is 0 Å². The molecule has 5 heteroatoms. The Morgan fingerprint density at radius 1 is 1.38 bits per heavy atom. The highest BCUT2D eigenvalue weighted by molar-refractivity contribution is 5.81. The molecule has 2 heterocycles. The molecule has 116 valence electrons. The van der Waals surface area contributed by atoms with E-state index in [-0.39, 0.29) is 11.3 Å². The van der Waals surface area contributed by atoms with Crippen molar-refractivity contribution in [3.05, 3.63) is 18.6 Å². The Morgan fingerprint density at radius 3 is 2.57 bits per heavy atom. The Labute approximate surface area is 127 Å². The third-order valence-corrected chi connectivity index (χ3v) is 4.03. The number of carbonyl (C=O) groups excluding carboxylic acids is 1. The van der Waals surface area contributed by atoms with E-state index in [9.17, 15) is 4.79 Å². The minimum absolute atomic E-state index is 0.223. The maximum Gasteiger partial charge on any atom is 0.227 e. The summed E-state index contributed by atoms with van der Waals surface area (Å²) in [7, 11) is 1.92. The van der Waals surface area contributed by atoms with Crippen LogP contribution in [0.2, 0.25) is 0 Å². The molecule has 1 aromatic heterocycles. The van der Waals surface area contributed by atoms with E-state index in [1.807, 2.05) is 38.8 Å². The Hall–Kier alpha value is -1.65. The molecule has 1 saturated heterocycles. The standard InChI is InChI=1S/C16H26N4O/c1-16(2,3)15(21)19(4)11-13-6-9-20(10-7-13)14-5-8-17-12-18-14/h5,8,12-13H,6-7,9-11H2,1-4H3. The molecule has 0 N–H and O–H groups in total. The van der Waals surface area contributed by atoms with Crippen molar-refractivity contribution in [3.8, 4) is 0 Å². The fourth-order valence-electron chi connectivity index (χ4n) is 2.86. The van der Waals surface area contributed by atoms with Crippen molar-refractivity contribution in [2.45, 2.75) is 33.6 Å². The van der Waals surface area contributed by atoms with Crippen LogP contribution in [0.4, 0.5) is 5.82 Å². The van der Waals surface area contributed by atoms with Gasteiger partial charge in [-0.15, -0.1) is 0 Å². The predicted molar refractivity (Wildman–Crippen MR) is 84.1 cm³/mol. The molecule has 0 radical (unpaired) electrons. The van der Waals surface area contributed by atoms with Crippen LogP contribution in [0, 0.1) is 11.3 Å². The fraction of sp³-hybridized carbons (Fsp3) is 0.688. The minimum atomic E-state index is -0.295. The summed E-state index contributed by atoms with van der Waals surface area (Å²) in [5.41, 5.74) is -0.295. The lowest BCUT2D eigenvalue weighted by atomic mass is 9.92. The monoisotopic (exact) mass is 290 g/mol.